The van der Waals surface area contributed by atoms with Crippen LogP contribution < -0.4 is 21.9 Å². The van der Waals surface area contributed by atoms with Gasteiger partial charge in [0.1, 0.15) is 11.9 Å². The van der Waals surface area contributed by atoms with Crippen molar-refractivity contribution in [3.8, 4) is 0 Å². The average Bonchev–Trinajstić information content (AvgIpc) is 2.33. The molecular weight excluding hydrogens is 222 g/mol. The molecule has 17 heavy (non-hydrogen) atoms. The molecule has 1 atom stereocenters. The minimum absolute atomic E-state index is 0.230. The number of pyridine rings is 1. The third-order valence-corrected chi connectivity index (χ3v) is 2.49. The number of imide groups is 1. The Kier molecular flexibility index (Phi) is 3.20. The van der Waals surface area contributed by atoms with Crippen LogP contribution in [0.15, 0.2) is 18.3 Å². The lowest BCUT2D eigenvalue weighted by Crippen LogP contribution is -2.47. The first kappa shape index (κ1) is 11.3. The minimum Gasteiger partial charge on any atom is -0.374 e. The van der Waals surface area contributed by atoms with Crippen LogP contribution in [0.2, 0.25) is 0 Å². The van der Waals surface area contributed by atoms with E-state index in [9.17, 15) is 9.59 Å². The first-order valence-corrected chi connectivity index (χ1v) is 5.22. The largest absolute Gasteiger partial charge is 0.374 e. The van der Waals surface area contributed by atoms with E-state index in [1.807, 2.05) is 0 Å². The number of nitrogens with zero attached hydrogens (tertiary/aromatic N) is 1. The van der Waals surface area contributed by atoms with E-state index in [4.69, 9.17) is 5.84 Å². The second-order valence-electron chi connectivity index (χ2n) is 3.72. The first-order chi connectivity index (χ1) is 8.19. The molecule has 1 aliphatic rings. The van der Waals surface area contributed by atoms with Crippen LogP contribution in [0.25, 0.3) is 0 Å². The number of nitrogens with one attached hydrogen (secondary N) is 3. The molecule has 0 saturated carbocycles. The number of hydrazine groups is 1. The number of carbonyl (C=O) groups excluding carboxylic acids is 2. The molecule has 0 aliphatic carbocycles. The average molecular weight is 235 g/mol. The normalized spacial score (nSPS) is 19.7. The van der Waals surface area contributed by atoms with Crippen LogP contribution in [0.3, 0.4) is 0 Å². The molecule has 1 fully saturated rings. The summed E-state index contributed by atoms with van der Waals surface area (Å²) in [5.41, 5.74) is 3.14. The smallest absolute Gasteiger partial charge is 0.249 e. The van der Waals surface area contributed by atoms with Gasteiger partial charge < -0.3 is 10.7 Å². The summed E-state index contributed by atoms with van der Waals surface area (Å²) in [6.07, 6.45) is 2.40. The van der Waals surface area contributed by atoms with Gasteiger partial charge in [-0.1, -0.05) is 0 Å². The van der Waals surface area contributed by atoms with Crippen molar-refractivity contribution in [2.24, 2.45) is 5.84 Å². The summed E-state index contributed by atoms with van der Waals surface area (Å²) in [4.78, 5) is 26.4. The quantitative estimate of drug-likeness (QED) is 0.322. The van der Waals surface area contributed by atoms with Gasteiger partial charge >= 0.3 is 0 Å². The van der Waals surface area contributed by atoms with Crippen molar-refractivity contribution in [2.75, 3.05) is 10.7 Å². The van der Waals surface area contributed by atoms with Crippen LogP contribution in [0.1, 0.15) is 12.8 Å². The lowest BCUT2D eigenvalue weighted by atomic mass is 10.1. The molecule has 0 aromatic carbocycles. The number of hydrogen-bond donors (Lipinski definition) is 4. The van der Waals surface area contributed by atoms with Gasteiger partial charge in [-0.15, -0.1) is 0 Å². The minimum atomic E-state index is -0.402. The summed E-state index contributed by atoms with van der Waals surface area (Å²) in [7, 11) is 0. The molecule has 1 unspecified atom stereocenters. The Balaban J connectivity index is 2.05. The van der Waals surface area contributed by atoms with E-state index in [-0.39, 0.29) is 11.8 Å². The molecule has 2 rings (SSSR count). The van der Waals surface area contributed by atoms with E-state index in [2.05, 4.69) is 21.0 Å². The molecule has 90 valence electrons. The van der Waals surface area contributed by atoms with Crippen LogP contribution >= 0.6 is 0 Å². The van der Waals surface area contributed by atoms with Crippen LogP contribution in [0.4, 0.5) is 11.5 Å². The van der Waals surface area contributed by atoms with Gasteiger partial charge in [0.05, 0.1) is 0 Å². The lowest BCUT2D eigenvalue weighted by molar-refractivity contribution is -0.133. The van der Waals surface area contributed by atoms with Crippen LogP contribution in [0, 0.1) is 0 Å². The standard InChI is InChI=1S/C10H13N5O2/c11-15-8-5-6(3-4-12-8)13-7-1-2-9(16)14-10(7)17/h3-5,7H,1-2,11H2,(H2,12,13,15)(H,14,16,17). The lowest BCUT2D eigenvalue weighted by Gasteiger charge is -2.22. The topological polar surface area (TPSA) is 109 Å². The fraction of sp³-hybridized carbons (Fsp3) is 0.300. The first-order valence-electron chi connectivity index (χ1n) is 5.22. The Morgan fingerprint density at radius 1 is 1.47 bits per heavy atom. The zero-order valence-corrected chi connectivity index (χ0v) is 9.06. The number of rotatable bonds is 3. The number of nitrogens with two attached hydrogens (primary N) is 1. The van der Waals surface area contributed by atoms with Crippen molar-refractivity contribution >= 4 is 23.3 Å². The van der Waals surface area contributed by atoms with Gasteiger partial charge in [-0.3, -0.25) is 14.9 Å². The van der Waals surface area contributed by atoms with E-state index in [0.29, 0.717) is 18.7 Å². The highest BCUT2D eigenvalue weighted by Gasteiger charge is 2.26. The summed E-state index contributed by atoms with van der Waals surface area (Å²) in [6.45, 7) is 0. The SMILES string of the molecule is NNc1cc(NC2CCC(=O)NC2=O)ccn1. The van der Waals surface area contributed by atoms with Crippen LogP contribution in [-0.2, 0) is 9.59 Å². The molecular formula is C10H13N5O2. The van der Waals surface area contributed by atoms with Crippen molar-refractivity contribution in [1.29, 1.82) is 0 Å². The monoisotopic (exact) mass is 235 g/mol. The molecule has 1 aromatic heterocycles. The van der Waals surface area contributed by atoms with E-state index in [1.165, 1.54) is 0 Å². The molecule has 1 saturated heterocycles. The second kappa shape index (κ2) is 4.79. The third kappa shape index (κ3) is 2.70. The predicted octanol–water partition coefficient (Wildman–Crippen LogP) is -0.416. The summed E-state index contributed by atoms with van der Waals surface area (Å²) in [5.74, 6) is 5.20. The number of anilines is 2. The number of hydrogen-bond acceptors (Lipinski definition) is 6. The van der Waals surface area contributed by atoms with Gasteiger partial charge in [0.2, 0.25) is 11.8 Å². The van der Waals surface area contributed by atoms with Gasteiger partial charge in [0.15, 0.2) is 0 Å². The Labute approximate surface area is 97.8 Å². The van der Waals surface area contributed by atoms with Crippen molar-refractivity contribution in [3.05, 3.63) is 18.3 Å². The zero-order chi connectivity index (χ0) is 12.3. The maximum absolute atomic E-state index is 11.5. The summed E-state index contributed by atoms with van der Waals surface area (Å²) in [6, 6.07) is 3.01. The van der Waals surface area contributed by atoms with Crippen molar-refractivity contribution in [1.82, 2.24) is 10.3 Å². The number of carbonyl (C=O) groups is 2. The van der Waals surface area contributed by atoms with E-state index in [0.717, 1.165) is 5.69 Å². The van der Waals surface area contributed by atoms with Gasteiger partial charge in [0, 0.05) is 24.4 Å². The Bertz CT molecular complexity index is 448. The van der Waals surface area contributed by atoms with Crippen molar-refractivity contribution in [3.63, 3.8) is 0 Å². The molecule has 0 spiro atoms. The molecule has 2 heterocycles. The predicted molar refractivity (Wildman–Crippen MR) is 61.8 cm³/mol. The highest BCUT2D eigenvalue weighted by Crippen LogP contribution is 2.15. The molecule has 7 nitrogen and oxygen atoms in total. The van der Waals surface area contributed by atoms with E-state index < -0.39 is 6.04 Å². The Hall–Kier alpha value is -2.15. The van der Waals surface area contributed by atoms with E-state index in [1.54, 1.807) is 18.3 Å². The number of aromatic nitrogens is 1. The third-order valence-electron chi connectivity index (χ3n) is 2.49. The van der Waals surface area contributed by atoms with Crippen molar-refractivity contribution in [2.45, 2.75) is 18.9 Å². The second-order valence-corrected chi connectivity index (χ2v) is 3.72. The van der Waals surface area contributed by atoms with Crippen LogP contribution in [-0.4, -0.2) is 22.8 Å². The number of nitrogen functional groups attached to an aromatic ring is 1. The number of amides is 2. The van der Waals surface area contributed by atoms with Gasteiger partial charge in [-0.2, -0.15) is 0 Å². The highest BCUT2D eigenvalue weighted by molar-refractivity contribution is 6.01. The maximum atomic E-state index is 11.5. The van der Waals surface area contributed by atoms with Gasteiger partial charge in [0.25, 0.3) is 0 Å². The van der Waals surface area contributed by atoms with Crippen LogP contribution in [0.5, 0.6) is 0 Å². The maximum Gasteiger partial charge on any atom is 0.249 e. The Morgan fingerprint density at radius 3 is 3.00 bits per heavy atom. The summed E-state index contributed by atoms with van der Waals surface area (Å²) >= 11 is 0. The molecule has 1 aliphatic heterocycles. The molecule has 7 heteroatoms. The van der Waals surface area contributed by atoms with Gasteiger partial charge in [-0.25, -0.2) is 10.8 Å². The molecule has 2 amide bonds. The Morgan fingerprint density at radius 2 is 2.29 bits per heavy atom. The van der Waals surface area contributed by atoms with E-state index >= 15 is 0 Å². The molecule has 0 radical (unpaired) electrons. The molecule has 1 aromatic rings. The molecule has 0 bridgehead atoms. The summed E-state index contributed by atoms with van der Waals surface area (Å²) in [5, 5.41) is 5.31. The fourth-order valence-electron chi connectivity index (χ4n) is 1.63. The highest BCUT2D eigenvalue weighted by atomic mass is 16.2. The summed E-state index contributed by atoms with van der Waals surface area (Å²) < 4.78 is 0. The zero-order valence-electron chi connectivity index (χ0n) is 9.06. The fourth-order valence-corrected chi connectivity index (χ4v) is 1.63. The van der Waals surface area contributed by atoms with Gasteiger partial charge in [-0.05, 0) is 12.5 Å². The molecule has 5 N–H and O–H groups in total. The van der Waals surface area contributed by atoms with Crippen molar-refractivity contribution < 1.29 is 9.59 Å². The number of piperidine rings is 1.